The van der Waals surface area contributed by atoms with E-state index in [1.54, 1.807) is 31.4 Å². The van der Waals surface area contributed by atoms with Crippen LogP contribution in [0.4, 0.5) is 31.1 Å². The molecule has 0 saturated carbocycles. The second-order valence-electron chi connectivity index (χ2n) is 9.38. The zero-order valence-corrected chi connectivity index (χ0v) is 16.9. The summed E-state index contributed by atoms with van der Waals surface area (Å²) < 4.78 is 82.8. The van der Waals surface area contributed by atoms with Gasteiger partial charge in [0.1, 0.15) is 31.4 Å². The first-order valence-electron chi connectivity index (χ1n) is 8.48. The van der Waals surface area contributed by atoms with Crippen molar-refractivity contribution in [3.05, 3.63) is 0 Å². The van der Waals surface area contributed by atoms with Crippen LogP contribution in [0, 0.1) is 0 Å². The highest BCUT2D eigenvalue weighted by molar-refractivity contribution is 6.46. The molecule has 0 unspecified atom stereocenters. The summed E-state index contributed by atoms with van der Waals surface area (Å²) in [6.45, 7) is 6.36. The summed E-state index contributed by atoms with van der Waals surface area (Å²) >= 11 is 0. The van der Waals surface area contributed by atoms with E-state index in [9.17, 15) is 31.1 Å². The highest BCUT2D eigenvalue weighted by Gasteiger charge is 2.71. The fourth-order valence-corrected chi connectivity index (χ4v) is 3.42. The van der Waals surface area contributed by atoms with Crippen LogP contribution in [-0.2, 0) is 4.74 Å². The molecular weight excluding hydrogens is 372 g/mol. The third kappa shape index (κ3) is 4.59. The molecule has 1 aliphatic heterocycles. The van der Waals surface area contributed by atoms with Gasteiger partial charge >= 0.3 is 18.4 Å². The predicted octanol–water partition coefficient (Wildman–Crippen LogP) is -2.17. The second-order valence-corrected chi connectivity index (χ2v) is 9.38. The molecule has 0 aromatic rings. The Morgan fingerprint density at radius 2 is 1.22 bits per heavy atom. The molecule has 0 radical (unpaired) electrons. The van der Waals surface area contributed by atoms with E-state index in [-0.39, 0.29) is 26.5 Å². The normalized spacial score (nSPS) is 21.7. The van der Waals surface area contributed by atoms with Crippen molar-refractivity contribution in [2.75, 3.05) is 13.1 Å². The molecule has 15 heteroatoms. The van der Waals surface area contributed by atoms with Crippen LogP contribution in [-0.4, -0.2) is 102 Å². The van der Waals surface area contributed by atoms with Crippen LogP contribution in [0.5, 0.6) is 0 Å². The third-order valence-electron chi connectivity index (χ3n) is 4.87. The summed E-state index contributed by atoms with van der Waals surface area (Å²) in [5.74, 6) is 0. The Hall–Kier alpha value is -0.865. The van der Waals surface area contributed by atoms with Gasteiger partial charge in [-0.1, -0.05) is 0 Å². The maximum atomic E-state index is 13.1. The van der Waals surface area contributed by atoms with Crippen LogP contribution in [0.25, 0.3) is 0 Å². The minimum absolute atomic E-state index is 0.170. The summed E-state index contributed by atoms with van der Waals surface area (Å²) in [7, 11) is 6.19. The second kappa shape index (κ2) is 6.59. The molecule has 1 heterocycles. The number of alkyl halides is 6. The fraction of sp³-hybridized carbons (Fsp3) is 0.917. The van der Waals surface area contributed by atoms with Gasteiger partial charge in [0.2, 0.25) is 0 Å². The van der Waals surface area contributed by atoms with Crippen molar-refractivity contribution in [3.8, 4) is 0 Å². The highest BCUT2D eigenvalue weighted by atomic mass is 19.4. The standard InChI is InChI=1S/C12H23B5F6N2O2/c1-7(2,3)24-4-8(13,14)25(9(15,16)5-24)6(26)27-10(17,11(18,19)20)12(21,22)23/h4-5,13-17H2,1-3H3. The van der Waals surface area contributed by atoms with Crippen LogP contribution in [0.3, 0.4) is 0 Å². The van der Waals surface area contributed by atoms with Crippen molar-refractivity contribution in [1.82, 2.24) is 9.80 Å². The largest absolute Gasteiger partial charge is 0.433 e. The number of piperazine rings is 1. The number of hydrogen-bond acceptors (Lipinski definition) is 3. The Morgan fingerprint density at radius 3 is 1.48 bits per heavy atom. The van der Waals surface area contributed by atoms with E-state index in [0.717, 1.165) is 4.90 Å². The van der Waals surface area contributed by atoms with Crippen molar-refractivity contribution >= 4 is 45.3 Å². The lowest BCUT2D eigenvalue weighted by Gasteiger charge is -2.59. The maximum absolute atomic E-state index is 13.1. The summed E-state index contributed by atoms with van der Waals surface area (Å²) in [5.41, 5.74) is -4.89. The van der Waals surface area contributed by atoms with E-state index in [1.807, 2.05) is 25.7 Å². The van der Waals surface area contributed by atoms with E-state index >= 15 is 0 Å². The Labute approximate surface area is 159 Å². The average molecular weight is 395 g/mol. The molecule has 1 fully saturated rings. The van der Waals surface area contributed by atoms with Crippen LogP contribution < -0.4 is 0 Å². The monoisotopic (exact) mass is 396 g/mol. The van der Waals surface area contributed by atoms with Crippen molar-refractivity contribution in [2.24, 2.45) is 0 Å². The van der Waals surface area contributed by atoms with E-state index in [4.69, 9.17) is 0 Å². The zero-order chi connectivity index (χ0) is 21.9. The highest BCUT2D eigenvalue weighted by Crippen LogP contribution is 2.44. The predicted molar refractivity (Wildman–Crippen MR) is 103 cm³/mol. The number of ether oxygens (including phenoxy) is 1. The molecule has 0 aromatic heterocycles. The van der Waals surface area contributed by atoms with Gasteiger partial charge in [-0.05, 0) is 31.4 Å². The van der Waals surface area contributed by atoms with Crippen molar-refractivity contribution < 1.29 is 35.9 Å². The van der Waals surface area contributed by atoms with Gasteiger partial charge < -0.3 is 9.64 Å². The first-order valence-corrected chi connectivity index (χ1v) is 8.48. The van der Waals surface area contributed by atoms with Crippen molar-refractivity contribution in [1.29, 1.82) is 0 Å². The molecule has 27 heavy (non-hydrogen) atoms. The number of rotatable bonds is 1. The summed E-state index contributed by atoms with van der Waals surface area (Å²) in [5, 5.41) is -2.10. The quantitative estimate of drug-likeness (QED) is 0.375. The van der Waals surface area contributed by atoms with Gasteiger partial charge in [-0.2, -0.15) is 26.3 Å². The molecule has 0 spiro atoms. The number of carbonyl (C=O) groups is 1. The molecule has 0 aromatic carbocycles. The van der Waals surface area contributed by atoms with Crippen LogP contribution in [0.15, 0.2) is 0 Å². The van der Waals surface area contributed by atoms with Gasteiger partial charge in [0.05, 0.1) is 0 Å². The molecule has 1 aliphatic rings. The van der Waals surface area contributed by atoms with Gasteiger partial charge in [-0.25, -0.2) is 4.79 Å². The molecule has 0 atom stereocenters. The minimum Gasteiger partial charge on any atom is -0.433 e. The lowest BCUT2D eigenvalue weighted by Crippen LogP contribution is -2.78. The van der Waals surface area contributed by atoms with Gasteiger partial charge in [0, 0.05) is 18.6 Å². The topological polar surface area (TPSA) is 32.8 Å². The van der Waals surface area contributed by atoms with Gasteiger partial charge in [-0.3, -0.25) is 4.90 Å². The lowest BCUT2D eigenvalue weighted by molar-refractivity contribution is -0.331. The number of carbonyl (C=O) groups excluding carboxylic acids is 1. The minimum atomic E-state index is -5.80. The summed E-state index contributed by atoms with van der Waals surface area (Å²) in [4.78, 5) is 15.6. The summed E-state index contributed by atoms with van der Waals surface area (Å²) in [6.07, 6.45) is -13.2. The maximum Gasteiger partial charge on any atom is 0.428 e. The Bertz CT molecular complexity index is 558. The van der Waals surface area contributed by atoms with E-state index < -0.39 is 34.6 Å². The fourth-order valence-electron chi connectivity index (χ4n) is 3.42. The molecule has 150 valence electrons. The molecule has 0 bridgehead atoms. The first kappa shape index (κ1) is 24.2. The smallest absolute Gasteiger partial charge is 0.428 e. The van der Waals surface area contributed by atoms with Crippen molar-refractivity contribution in [2.45, 2.75) is 54.8 Å². The van der Waals surface area contributed by atoms with E-state index in [2.05, 4.69) is 4.74 Å². The van der Waals surface area contributed by atoms with Crippen LogP contribution in [0.1, 0.15) is 20.8 Å². The molecule has 1 saturated heterocycles. The van der Waals surface area contributed by atoms with Crippen molar-refractivity contribution in [3.63, 3.8) is 0 Å². The van der Waals surface area contributed by atoms with Gasteiger partial charge in [0.25, 0.3) is 5.50 Å². The summed E-state index contributed by atoms with van der Waals surface area (Å²) in [6, 6.07) is 0. The molecule has 0 N–H and O–H groups in total. The van der Waals surface area contributed by atoms with E-state index in [0.29, 0.717) is 0 Å². The average Bonchev–Trinajstić information content (AvgIpc) is 2.31. The third-order valence-corrected chi connectivity index (χ3v) is 4.87. The Balaban J connectivity index is 3.30. The number of nitrogens with zero attached hydrogens (tertiary/aromatic N) is 2. The molecule has 4 nitrogen and oxygen atoms in total. The van der Waals surface area contributed by atoms with Crippen LogP contribution in [0.2, 0.25) is 0 Å². The SMILES string of the molecule is BC1(B)CN(C(C)(C)C)CC(B)(B)N1C(=O)OC(B)(C(F)(F)F)C(F)(F)F. The molecule has 0 aliphatic carbocycles. The first-order chi connectivity index (χ1) is 11.6. The Kier molecular flexibility index (Phi) is 5.90. The zero-order valence-electron chi connectivity index (χ0n) is 16.9. The number of amides is 1. The number of halogens is 6. The Morgan fingerprint density at radius 1 is 0.889 bits per heavy atom. The molecular formula is C12H23B5F6N2O2. The lowest BCUT2D eigenvalue weighted by atomic mass is 9.50. The molecule has 1 rings (SSSR count). The molecule has 1 amide bonds. The van der Waals surface area contributed by atoms with Crippen LogP contribution >= 0.6 is 0 Å². The van der Waals surface area contributed by atoms with E-state index in [1.165, 1.54) is 0 Å². The number of hydrogen-bond donors (Lipinski definition) is 0. The van der Waals surface area contributed by atoms with Gasteiger partial charge in [-0.15, -0.1) is 0 Å². The van der Waals surface area contributed by atoms with Gasteiger partial charge in [0.15, 0.2) is 7.85 Å².